The van der Waals surface area contributed by atoms with Crippen LogP contribution < -0.4 is 10.6 Å². The van der Waals surface area contributed by atoms with Gasteiger partial charge >= 0.3 is 5.97 Å². The molecule has 0 aromatic carbocycles. The third kappa shape index (κ3) is 8.18. The highest BCUT2D eigenvalue weighted by Gasteiger charge is 2.08. The van der Waals surface area contributed by atoms with E-state index >= 15 is 0 Å². The predicted octanol–water partition coefficient (Wildman–Crippen LogP) is 1.91. The number of nitrogens with one attached hydrogen (secondary N) is 2. The maximum Gasteiger partial charge on any atom is 0.305 e. The number of anilines is 1. The van der Waals surface area contributed by atoms with Crippen molar-refractivity contribution < 1.29 is 14.3 Å². The lowest BCUT2D eigenvalue weighted by atomic mass is 10.3. The summed E-state index contributed by atoms with van der Waals surface area (Å²) in [5.74, 6) is -0.0128. The summed E-state index contributed by atoms with van der Waals surface area (Å²) in [4.78, 5) is 22.8. The van der Waals surface area contributed by atoms with E-state index in [4.69, 9.17) is 4.74 Å². The Morgan fingerprint density at radius 3 is 2.82 bits per heavy atom. The summed E-state index contributed by atoms with van der Waals surface area (Å²) in [6, 6.07) is 0. The van der Waals surface area contributed by atoms with Crippen molar-refractivity contribution in [2.75, 3.05) is 30.8 Å². The summed E-state index contributed by atoms with van der Waals surface area (Å²) in [6.07, 6.45) is 1.93. The summed E-state index contributed by atoms with van der Waals surface area (Å²) in [6.45, 7) is 5.57. The number of hydrogen-bond donors (Lipinski definition) is 2. The van der Waals surface area contributed by atoms with Crippen molar-refractivity contribution in [1.29, 1.82) is 0 Å². The molecule has 9 heteroatoms. The minimum absolute atomic E-state index is 0.0767. The molecule has 0 atom stereocenters. The van der Waals surface area contributed by atoms with Gasteiger partial charge in [-0.3, -0.25) is 9.59 Å². The second-order valence-corrected chi connectivity index (χ2v) is 6.55. The fourth-order valence-electron chi connectivity index (χ4n) is 1.44. The van der Waals surface area contributed by atoms with E-state index in [2.05, 4.69) is 27.8 Å². The first-order valence-electron chi connectivity index (χ1n) is 7.28. The van der Waals surface area contributed by atoms with Gasteiger partial charge in [-0.2, -0.15) is 0 Å². The van der Waals surface area contributed by atoms with E-state index in [-0.39, 0.29) is 11.9 Å². The van der Waals surface area contributed by atoms with Crippen LogP contribution in [-0.2, 0) is 14.3 Å². The van der Waals surface area contributed by atoms with Crippen LogP contribution in [0.15, 0.2) is 4.34 Å². The van der Waals surface area contributed by atoms with Gasteiger partial charge in [0.15, 0.2) is 4.34 Å². The van der Waals surface area contributed by atoms with Crippen LogP contribution >= 0.6 is 23.1 Å². The minimum Gasteiger partial charge on any atom is -0.466 e. The van der Waals surface area contributed by atoms with Crippen LogP contribution in [-0.4, -0.2) is 47.5 Å². The van der Waals surface area contributed by atoms with Crippen molar-refractivity contribution in [2.24, 2.45) is 0 Å². The first-order valence-corrected chi connectivity index (χ1v) is 9.08. The quantitative estimate of drug-likeness (QED) is 0.359. The average Bonchev–Trinajstić information content (AvgIpc) is 2.95. The van der Waals surface area contributed by atoms with Crippen molar-refractivity contribution in [1.82, 2.24) is 15.5 Å². The third-order valence-electron chi connectivity index (χ3n) is 2.44. The Bertz CT molecular complexity index is 468. The molecule has 1 aromatic heterocycles. The lowest BCUT2D eigenvalue weighted by Gasteiger charge is -2.04. The van der Waals surface area contributed by atoms with Crippen LogP contribution in [0, 0.1) is 0 Å². The normalized spacial score (nSPS) is 10.3. The molecule has 0 unspecified atom stereocenters. The number of esters is 1. The SMILES string of the molecule is CCCNc1nnc(SCC(=O)NCCCC(=O)OCC)s1. The van der Waals surface area contributed by atoms with Gasteiger partial charge in [-0.15, -0.1) is 10.2 Å². The van der Waals surface area contributed by atoms with Crippen molar-refractivity contribution in [2.45, 2.75) is 37.4 Å². The molecule has 0 radical (unpaired) electrons. The molecule has 1 rings (SSSR count). The number of hydrogen-bond acceptors (Lipinski definition) is 8. The van der Waals surface area contributed by atoms with E-state index in [0.29, 0.717) is 31.7 Å². The van der Waals surface area contributed by atoms with Crippen LogP contribution in [0.25, 0.3) is 0 Å². The number of thioether (sulfide) groups is 1. The van der Waals surface area contributed by atoms with E-state index in [9.17, 15) is 9.59 Å². The van der Waals surface area contributed by atoms with E-state index < -0.39 is 0 Å². The largest absolute Gasteiger partial charge is 0.466 e. The summed E-state index contributed by atoms with van der Waals surface area (Å²) in [7, 11) is 0. The first kappa shape index (κ1) is 18.7. The minimum atomic E-state index is -0.230. The van der Waals surface area contributed by atoms with E-state index in [0.717, 1.165) is 22.4 Å². The summed E-state index contributed by atoms with van der Waals surface area (Å²) < 4.78 is 5.57. The van der Waals surface area contributed by atoms with Gasteiger partial charge in [0.1, 0.15) is 0 Å². The fourth-order valence-corrected chi connectivity index (χ4v) is 3.05. The Morgan fingerprint density at radius 1 is 1.27 bits per heavy atom. The second kappa shape index (κ2) is 11.2. The number of carbonyl (C=O) groups is 2. The second-order valence-electron chi connectivity index (χ2n) is 4.35. The molecule has 0 saturated carbocycles. The molecule has 0 fully saturated rings. The third-order valence-corrected chi connectivity index (χ3v) is 4.46. The molecular weight excluding hydrogens is 324 g/mol. The van der Waals surface area contributed by atoms with Gasteiger partial charge in [-0.25, -0.2) is 0 Å². The smallest absolute Gasteiger partial charge is 0.305 e. The highest BCUT2D eigenvalue weighted by atomic mass is 32.2. The first-order chi connectivity index (χ1) is 10.7. The molecule has 1 aromatic rings. The van der Waals surface area contributed by atoms with Crippen LogP contribution in [0.1, 0.15) is 33.1 Å². The Kier molecular flexibility index (Phi) is 9.56. The molecule has 0 aliphatic carbocycles. The van der Waals surface area contributed by atoms with Crippen molar-refractivity contribution >= 4 is 40.1 Å². The zero-order valence-corrected chi connectivity index (χ0v) is 14.5. The zero-order valence-electron chi connectivity index (χ0n) is 12.9. The molecule has 124 valence electrons. The number of rotatable bonds is 11. The molecule has 1 heterocycles. The average molecular weight is 346 g/mol. The molecule has 0 aliphatic heterocycles. The van der Waals surface area contributed by atoms with E-state index in [1.54, 1.807) is 6.92 Å². The van der Waals surface area contributed by atoms with E-state index in [1.165, 1.54) is 23.1 Å². The van der Waals surface area contributed by atoms with Gasteiger partial charge in [0, 0.05) is 19.5 Å². The Morgan fingerprint density at radius 2 is 2.09 bits per heavy atom. The molecule has 2 N–H and O–H groups in total. The summed E-state index contributed by atoms with van der Waals surface area (Å²) in [5.41, 5.74) is 0. The standard InChI is InChI=1S/C13H22N4O3S2/c1-3-7-15-12-16-17-13(22-12)21-9-10(18)14-8-5-6-11(19)20-4-2/h3-9H2,1-2H3,(H,14,18)(H,15,16). The predicted molar refractivity (Wildman–Crippen MR) is 88.3 cm³/mol. The molecule has 1 amide bonds. The van der Waals surface area contributed by atoms with Crippen LogP contribution in [0.5, 0.6) is 0 Å². The fraction of sp³-hybridized carbons (Fsp3) is 0.692. The highest BCUT2D eigenvalue weighted by molar-refractivity contribution is 8.01. The van der Waals surface area contributed by atoms with Gasteiger partial charge in [0.25, 0.3) is 0 Å². The summed E-state index contributed by atoms with van der Waals surface area (Å²) in [5, 5.41) is 14.7. The number of carbonyl (C=O) groups excluding carboxylic acids is 2. The number of nitrogens with zero attached hydrogens (tertiary/aromatic N) is 2. The van der Waals surface area contributed by atoms with Gasteiger partial charge in [-0.05, 0) is 19.8 Å². The Balaban J connectivity index is 2.12. The van der Waals surface area contributed by atoms with Gasteiger partial charge in [0.05, 0.1) is 12.4 Å². The van der Waals surface area contributed by atoms with Crippen LogP contribution in [0.4, 0.5) is 5.13 Å². The lowest BCUT2D eigenvalue weighted by Crippen LogP contribution is -2.26. The molecule has 0 bridgehead atoms. The topological polar surface area (TPSA) is 93.2 Å². The van der Waals surface area contributed by atoms with Crippen molar-refractivity contribution in [3.8, 4) is 0 Å². The van der Waals surface area contributed by atoms with Gasteiger partial charge in [-0.1, -0.05) is 30.0 Å². The van der Waals surface area contributed by atoms with Crippen molar-refractivity contribution in [3.63, 3.8) is 0 Å². The Labute approximate surface area is 138 Å². The molecule has 0 spiro atoms. The maximum atomic E-state index is 11.7. The monoisotopic (exact) mass is 346 g/mol. The molecule has 0 aliphatic rings. The van der Waals surface area contributed by atoms with Gasteiger partial charge in [0.2, 0.25) is 11.0 Å². The van der Waals surface area contributed by atoms with Crippen molar-refractivity contribution in [3.05, 3.63) is 0 Å². The van der Waals surface area contributed by atoms with Crippen LogP contribution in [0.2, 0.25) is 0 Å². The lowest BCUT2D eigenvalue weighted by molar-refractivity contribution is -0.143. The Hall–Kier alpha value is -1.35. The van der Waals surface area contributed by atoms with E-state index in [1.807, 2.05) is 0 Å². The van der Waals surface area contributed by atoms with Crippen LogP contribution in [0.3, 0.4) is 0 Å². The highest BCUT2D eigenvalue weighted by Crippen LogP contribution is 2.25. The molecule has 22 heavy (non-hydrogen) atoms. The number of aromatic nitrogens is 2. The molecular formula is C13H22N4O3S2. The molecule has 7 nitrogen and oxygen atoms in total. The van der Waals surface area contributed by atoms with Gasteiger partial charge < -0.3 is 15.4 Å². The maximum absolute atomic E-state index is 11.7. The summed E-state index contributed by atoms with van der Waals surface area (Å²) >= 11 is 2.80. The molecule has 0 saturated heterocycles. The number of amides is 1. The number of ether oxygens (including phenoxy) is 1. The zero-order chi connectivity index (χ0) is 16.2.